The van der Waals surface area contributed by atoms with Crippen LogP contribution in [-0.2, 0) is 14.2 Å². The molecular formula is C14H25NO5S2. The van der Waals surface area contributed by atoms with Crippen molar-refractivity contribution < 1.29 is 24.4 Å². The molecule has 2 N–H and O–H groups in total. The Kier molecular flexibility index (Phi) is 6.09. The number of fused-ring (bicyclic) bond motifs is 1. The largest absolute Gasteiger partial charge is 0.394 e. The molecule has 0 saturated carbocycles. The van der Waals surface area contributed by atoms with Crippen LogP contribution in [0.3, 0.4) is 0 Å². The molecule has 128 valence electrons. The van der Waals surface area contributed by atoms with E-state index in [1.807, 2.05) is 27.7 Å². The van der Waals surface area contributed by atoms with Crippen molar-refractivity contribution in [3.8, 4) is 0 Å². The molecule has 0 bridgehead atoms. The standard InChI is InChI=1S/C14H25NO5S2/c1-5-15(6-2)13(21)22-11-9(8(17)7-16)18-12-10(11)19-14(3,4)20-12/h8-12,16-17H,5-7H2,1-4H3/t8-,9-,10-,11+,12-/m1/s1. The summed E-state index contributed by atoms with van der Waals surface area (Å²) in [6, 6.07) is 0. The fourth-order valence-electron chi connectivity index (χ4n) is 2.72. The lowest BCUT2D eigenvalue weighted by Gasteiger charge is -2.29. The molecule has 6 nitrogen and oxygen atoms in total. The van der Waals surface area contributed by atoms with Gasteiger partial charge in [-0.15, -0.1) is 0 Å². The SMILES string of the molecule is CCN(CC)C(=S)S[C@@H]1[C@H]2OC(C)(C)O[C@H]2O[C@@H]1[C@H](O)CO. The highest BCUT2D eigenvalue weighted by atomic mass is 32.2. The van der Waals surface area contributed by atoms with E-state index in [0.717, 1.165) is 17.4 Å². The first-order chi connectivity index (χ1) is 10.3. The third-order valence-corrected chi connectivity index (χ3v) is 5.67. The van der Waals surface area contributed by atoms with Gasteiger partial charge in [0.1, 0.15) is 22.6 Å². The highest BCUT2D eigenvalue weighted by Crippen LogP contribution is 2.43. The van der Waals surface area contributed by atoms with Crippen LogP contribution in [0.5, 0.6) is 0 Å². The molecule has 2 aliphatic heterocycles. The zero-order chi connectivity index (χ0) is 16.5. The number of ether oxygens (including phenoxy) is 3. The quantitative estimate of drug-likeness (QED) is 0.710. The molecule has 0 spiro atoms. The van der Waals surface area contributed by atoms with Gasteiger partial charge in [0.2, 0.25) is 0 Å². The van der Waals surface area contributed by atoms with Crippen LogP contribution in [0, 0.1) is 0 Å². The van der Waals surface area contributed by atoms with E-state index in [1.165, 1.54) is 11.8 Å². The van der Waals surface area contributed by atoms with E-state index in [2.05, 4.69) is 4.90 Å². The highest BCUT2D eigenvalue weighted by molar-refractivity contribution is 8.23. The predicted octanol–water partition coefficient (Wildman–Crippen LogP) is 0.944. The van der Waals surface area contributed by atoms with E-state index >= 15 is 0 Å². The van der Waals surface area contributed by atoms with Gasteiger partial charge in [-0.1, -0.05) is 24.0 Å². The maximum Gasteiger partial charge on any atom is 0.188 e. The average Bonchev–Trinajstić information content (AvgIpc) is 2.92. The predicted molar refractivity (Wildman–Crippen MR) is 88.7 cm³/mol. The second kappa shape index (κ2) is 7.29. The molecule has 0 radical (unpaired) electrons. The van der Waals surface area contributed by atoms with Gasteiger partial charge < -0.3 is 29.3 Å². The van der Waals surface area contributed by atoms with E-state index in [4.69, 9.17) is 26.4 Å². The average molecular weight is 351 g/mol. The normalized spacial score (nSPS) is 34.5. The minimum Gasteiger partial charge on any atom is -0.394 e. The number of hydrogen-bond acceptors (Lipinski definition) is 7. The monoisotopic (exact) mass is 351 g/mol. The first-order valence-electron chi connectivity index (χ1n) is 7.58. The van der Waals surface area contributed by atoms with Crippen LogP contribution in [0.25, 0.3) is 0 Å². The van der Waals surface area contributed by atoms with Gasteiger partial charge in [-0.25, -0.2) is 0 Å². The summed E-state index contributed by atoms with van der Waals surface area (Å²) in [4.78, 5) is 2.07. The molecule has 2 aliphatic rings. The Hall–Kier alpha value is 0.0400. The number of thioether (sulfide) groups is 1. The molecule has 0 amide bonds. The van der Waals surface area contributed by atoms with Crippen LogP contribution < -0.4 is 0 Å². The molecule has 8 heteroatoms. The summed E-state index contributed by atoms with van der Waals surface area (Å²) in [5.74, 6) is -0.722. The van der Waals surface area contributed by atoms with Gasteiger partial charge >= 0.3 is 0 Å². The third-order valence-electron chi connectivity index (χ3n) is 3.85. The lowest BCUT2D eigenvalue weighted by atomic mass is 10.1. The minimum atomic E-state index is -0.988. The first kappa shape index (κ1) is 18.4. The second-order valence-electron chi connectivity index (χ2n) is 5.84. The van der Waals surface area contributed by atoms with Gasteiger partial charge in [-0.05, 0) is 27.7 Å². The molecular weight excluding hydrogens is 326 g/mol. The number of thiocarbonyl (C=S) groups is 1. The van der Waals surface area contributed by atoms with Crippen molar-refractivity contribution in [3.05, 3.63) is 0 Å². The Morgan fingerprint density at radius 2 is 1.95 bits per heavy atom. The van der Waals surface area contributed by atoms with Crippen molar-refractivity contribution in [1.82, 2.24) is 4.90 Å². The summed E-state index contributed by atoms with van der Waals surface area (Å²) in [6.45, 7) is 9.02. The smallest absolute Gasteiger partial charge is 0.188 e. The Bertz CT molecular complexity index is 405. The number of rotatable bonds is 5. The van der Waals surface area contributed by atoms with Crippen LogP contribution in [0.4, 0.5) is 0 Å². The van der Waals surface area contributed by atoms with Gasteiger partial charge in [0.05, 0.1) is 11.9 Å². The Morgan fingerprint density at radius 1 is 1.32 bits per heavy atom. The van der Waals surface area contributed by atoms with Crippen LogP contribution >= 0.6 is 24.0 Å². The molecule has 2 heterocycles. The van der Waals surface area contributed by atoms with Crippen LogP contribution in [0.2, 0.25) is 0 Å². The maximum absolute atomic E-state index is 10.0. The summed E-state index contributed by atoms with van der Waals surface area (Å²) in [6.07, 6.45) is -2.43. The fourth-order valence-corrected chi connectivity index (χ4v) is 4.65. The fraction of sp³-hybridized carbons (Fsp3) is 0.929. The van der Waals surface area contributed by atoms with Crippen molar-refractivity contribution in [2.24, 2.45) is 0 Å². The van der Waals surface area contributed by atoms with Crippen LogP contribution in [0.1, 0.15) is 27.7 Å². The van der Waals surface area contributed by atoms with Gasteiger partial charge in [-0.2, -0.15) is 0 Å². The molecule has 0 aromatic heterocycles. The molecule has 0 unspecified atom stereocenters. The summed E-state index contributed by atoms with van der Waals surface area (Å²) < 4.78 is 18.2. The Morgan fingerprint density at radius 3 is 2.50 bits per heavy atom. The van der Waals surface area contributed by atoms with Gasteiger partial charge in [-0.3, -0.25) is 0 Å². The zero-order valence-electron chi connectivity index (χ0n) is 13.4. The third kappa shape index (κ3) is 3.75. The lowest BCUT2D eigenvalue weighted by molar-refractivity contribution is -0.214. The molecule has 2 rings (SSSR count). The van der Waals surface area contributed by atoms with Crippen molar-refractivity contribution in [2.75, 3.05) is 19.7 Å². The summed E-state index contributed by atoms with van der Waals surface area (Å²) in [5.41, 5.74) is 0. The molecule has 2 fully saturated rings. The van der Waals surface area contributed by atoms with E-state index in [9.17, 15) is 10.2 Å². The summed E-state index contributed by atoms with van der Waals surface area (Å²) in [7, 11) is 0. The maximum atomic E-state index is 10.0. The molecule has 0 aliphatic carbocycles. The van der Waals surface area contributed by atoms with E-state index < -0.39 is 24.3 Å². The molecule has 5 atom stereocenters. The molecule has 2 saturated heterocycles. The molecule has 0 aromatic carbocycles. The number of nitrogens with zero attached hydrogens (tertiary/aromatic N) is 1. The minimum absolute atomic E-state index is 0.220. The van der Waals surface area contributed by atoms with Crippen LogP contribution in [-0.4, -0.2) is 74.8 Å². The number of hydrogen-bond donors (Lipinski definition) is 2. The Balaban J connectivity index is 2.13. The summed E-state index contributed by atoms with van der Waals surface area (Å²) in [5, 5.41) is 19.1. The van der Waals surface area contributed by atoms with Gasteiger partial charge in [0, 0.05) is 13.1 Å². The second-order valence-corrected chi connectivity index (χ2v) is 7.65. The van der Waals surface area contributed by atoms with Crippen molar-refractivity contribution in [3.63, 3.8) is 0 Å². The highest BCUT2D eigenvalue weighted by Gasteiger charge is 2.56. The van der Waals surface area contributed by atoms with E-state index in [0.29, 0.717) is 0 Å². The topological polar surface area (TPSA) is 71.4 Å². The first-order valence-corrected chi connectivity index (χ1v) is 8.87. The van der Waals surface area contributed by atoms with Crippen molar-refractivity contribution >= 4 is 28.3 Å². The Labute approximate surface area is 141 Å². The van der Waals surface area contributed by atoms with Crippen molar-refractivity contribution in [1.29, 1.82) is 0 Å². The van der Waals surface area contributed by atoms with Crippen molar-refractivity contribution in [2.45, 2.75) is 63.3 Å². The van der Waals surface area contributed by atoms with Gasteiger partial charge in [0.15, 0.2) is 12.1 Å². The molecule has 22 heavy (non-hydrogen) atoms. The van der Waals surface area contributed by atoms with Crippen LogP contribution in [0.15, 0.2) is 0 Å². The molecule has 0 aromatic rings. The zero-order valence-corrected chi connectivity index (χ0v) is 15.0. The lowest BCUT2D eigenvalue weighted by Crippen LogP contribution is -2.42. The number of aliphatic hydroxyl groups is 2. The van der Waals surface area contributed by atoms with E-state index in [-0.39, 0.29) is 18.0 Å². The number of aliphatic hydroxyl groups excluding tert-OH is 2. The van der Waals surface area contributed by atoms with Gasteiger partial charge in [0.25, 0.3) is 0 Å². The van der Waals surface area contributed by atoms with E-state index in [1.54, 1.807) is 0 Å². The summed E-state index contributed by atoms with van der Waals surface area (Å²) >= 11 is 6.95.